The molecule has 0 aliphatic carbocycles. The van der Waals surface area contributed by atoms with E-state index in [0.717, 1.165) is 29.8 Å². The second-order valence-corrected chi connectivity index (χ2v) is 5.00. The molecule has 0 bridgehead atoms. The Labute approximate surface area is 108 Å². The third kappa shape index (κ3) is 1.76. The first-order valence-electron chi connectivity index (χ1n) is 5.79. The molecule has 0 amide bonds. The van der Waals surface area contributed by atoms with Gasteiger partial charge in [0, 0.05) is 24.8 Å². The van der Waals surface area contributed by atoms with Crippen LogP contribution in [0.5, 0.6) is 0 Å². The molecule has 0 saturated heterocycles. The van der Waals surface area contributed by atoms with E-state index in [1.165, 1.54) is 5.56 Å². The molecule has 1 N–H and O–H groups in total. The number of nitrogens with one attached hydrogen (secondary N) is 1. The minimum atomic E-state index is 0.290. The SMILES string of the molecule is CCn1cc(C2CCNc3c(Br)cnn32)cn1. The predicted octanol–water partition coefficient (Wildman–Crippen LogP) is 2.27. The molecule has 0 spiro atoms. The molecule has 17 heavy (non-hydrogen) atoms. The first kappa shape index (κ1) is 10.8. The van der Waals surface area contributed by atoms with E-state index >= 15 is 0 Å². The van der Waals surface area contributed by atoms with Crippen LogP contribution in [-0.2, 0) is 6.54 Å². The van der Waals surface area contributed by atoms with Crippen molar-refractivity contribution >= 4 is 21.7 Å². The minimum absolute atomic E-state index is 0.290. The molecule has 0 fully saturated rings. The van der Waals surface area contributed by atoms with E-state index < -0.39 is 0 Å². The monoisotopic (exact) mass is 295 g/mol. The number of aryl methyl sites for hydroxylation is 1. The lowest BCUT2D eigenvalue weighted by Crippen LogP contribution is -2.24. The summed E-state index contributed by atoms with van der Waals surface area (Å²) in [5.74, 6) is 1.06. The Balaban J connectivity index is 1.99. The van der Waals surface area contributed by atoms with E-state index in [9.17, 15) is 0 Å². The number of nitrogens with zero attached hydrogens (tertiary/aromatic N) is 4. The van der Waals surface area contributed by atoms with Crippen LogP contribution in [0, 0.1) is 0 Å². The molecule has 0 saturated carbocycles. The highest BCUT2D eigenvalue weighted by molar-refractivity contribution is 9.10. The zero-order valence-corrected chi connectivity index (χ0v) is 11.2. The van der Waals surface area contributed by atoms with Crippen molar-refractivity contribution in [3.05, 3.63) is 28.6 Å². The number of anilines is 1. The summed E-state index contributed by atoms with van der Waals surface area (Å²) in [5, 5.41) is 12.1. The van der Waals surface area contributed by atoms with Gasteiger partial charge in [0.15, 0.2) is 0 Å². The molecule has 1 atom stereocenters. The molecular weight excluding hydrogens is 282 g/mol. The molecule has 1 aliphatic rings. The summed E-state index contributed by atoms with van der Waals surface area (Å²) in [7, 11) is 0. The molecule has 2 aromatic rings. The van der Waals surface area contributed by atoms with Gasteiger partial charge >= 0.3 is 0 Å². The van der Waals surface area contributed by atoms with E-state index in [-0.39, 0.29) is 6.04 Å². The van der Waals surface area contributed by atoms with Crippen molar-refractivity contribution < 1.29 is 0 Å². The summed E-state index contributed by atoms with van der Waals surface area (Å²) in [6.07, 6.45) is 6.93. The van der Waals surface area contributed by atoms with Crippen LogP contribution in [0.1, 0.15) is 24.9 Å². The lowest BCUT2D eigenvalue weighted by Gasteiger charge is -2.25. The number of rotatable bonds is 2. The summed E-state index contributed by atoms with van der Waals surface area (Å²) >= 11 is 3.50. The van der Waals surface area contributed by atoms with Gasteiger partial charge in [0.2, 0.25) is 0 Å². The van der Waals surface area contributed by atoms with Gasteiger partial charge < -0.3 is 5.32 Å². The van der Waals surface area contributed by atoms with Crippen molar-refractivity contribution in [2.45, 2.75) is 25.9 Å². The highest BCUT2D eigenvalue weighted by atomic mass is 79.9. The highest BCUT2D eigenvalue weighted by Crippen LogP contribution is 2.33. The van der Waals surface area contributed by atoms with Crippen molar-refractivity contribution in [1.29, 1.82) is 0 Å². The van der Waals surface area contributed by atoms with Gasteiger partial charge in [-0.3, -0.25) is 4.68 Å². The van der Waals surface area contributed by atoms with Crippen LogP contribution < -0.4 is 5.32 Å². The number of halogens is 1. The van der Waals surface area contributed by atoms with Crippen molar-refractivity contribution in [3.8, 4) is 0 Å². The van der Waals surface area contributed by atoms with Gasteiger partial charge in [0.05, 0.1) is 22.9 Å². The molecule has 90 valence electrons. The fourth-order valence-corrected chi connectivity index (χ4v) is 2.64. The minimum Gasteiger partial charge on any atom is -0.369 e. The van der Waals surface area contributed by atoms with Gasteiger partial charge in [-0.2, -0.15) is 10.2 Å². The topological polar surface area (TPSA) is 47.7 Å². The quantitative estimate of drug-likeness (QED) is 0.925. The number of hydrogen-bond donors (Lipinski definition) is 1. The lowest BCUT2D eigenvalue weighted by atomic mass is 10.1. The molecule has 2 aromatic heterocycles. The molecule has 1 unspecified atom stereocenters. The third-order valence-electron chi connectivity index (χ3n) is 3.12. The molecule has 0 radical (unpaired) electrons. The molecular formula is C11H14BrN5. The first-order chi connectivity index (χ1) is 8.29. The molecule has 3 heterocycles. The maximum atomic E-state index is 4.42. The zero-order valence-electron chi connectivity index (χ0n) is 9.60. The second kappa shape index (κ2) is 4.18. The lowest BCUT2D eigenvalue weighted by molar-refractivity contribution is 0.481. The van der Waals surface area contributed by atoms with E-state index in [1.807, 2.05) is 21.8 Å². The smallest absolute Gasteiger partial charge is 0.139 e. The molecule has 0 aromatic carbocycles. The Bertz CT molecular complexity index is 530. The van der Waals surface area contributed by atoms with Crippen molar-refractivity contribution in [2.75, 3.05) is 11.9 Å². The van der Waals surface area contributed by atoms with Crippen molar-refractivity contribution in [2.24, 2.45) is 0 Å². The van der Waals surface area contributed by atoms with Crippen LogP contribution in [0.25, 0.3) is 0 Å². The van der Waals surface area contributed by atoms with Gasteiger partial charge in [-0.25, -0.2) is 4.68 Å². The van der Waals surface area contributed by atoms with Gasteiger partial charge in [-0.15, -0.1) is 0 Å². The Morgan fingerprint density at radius 2 is 2.35 bits per heavy atom. The maximum Gasteiger partial charge on any atom is 0.139 e. The Morgan fingerprint density at radius 3 is 3.12 bits per heavy atom. The fourth-order valence-electron chi connectivity index (χ4n) is 2.22. The Kier molecular flexibility index (Phi) is 2.66. The first-order valence-corrected chi connectivity index (χ1v) is 6.58. The van der Waals surface area contributed by atoms with Gasteiger partial charge in [-0.05, 0) is 29.3 Å². The standard InChI is InChI=1S/C11H14BrN5/c1-2-16-7-8(5-14-16)10-3-4-13-11-9(12)6-15-17(10)11/h5-7,10,13H,2-4H2,1H3. The molecule has 3 rings (SSSR count). The van der Waals surface area contributed by atoms with Gasteiger partial charge in [-0.1, -0.05) is 0 Å². The molecule has 1 aliphatic heterocycles. The van der Waals surface area contributed by atoms with Crippen LogP contribution >= 0.6 is 15.9 Å². The van der Waals surface area contributed by atoms with E-state index in [2.05, 4.69) is 44.6 Å². The number of aromatic nitrogens is 4. The van der Waals surface area contributed by atoms with Crippen LogP contribution in [0.2, 0.25) is 0 Å². The zero-order chi connectivity index (χ0) is 11.8. The Hall–Kier alpha value is -1.30. The third-order valence-corrected chi connectivity index (χ3v) is 3.70. The highest BCUT2D eigenvalue weighted by Gasteiger charge is 2.24. The molecule has 5 nitrogen and oxygen atoms in total. The van der Waals surface area contributed by atoms with Crippen LogP contribution in [0.15, 0.2) is 23.1 Å². The number of fused-ring (bicyclic) bond motifs is 1. The van der Waals surface area contributed by atoms with Crippen LogP contribution in [0.4, 0.5) is 5.82 Å². The normalized spacial score (nSPS) is 18.8. The molecule has 6 heteroatoms. The average molecular weight is 296 g/mol. The van der Waals surface area contributed by atoms with Gasteiger partial charge in [0.1, 0.15) is 5.82 Å². The number of hydrogen-bond acceptors (Lipinski definition) is 3. The van der Waals surface area contributed by atoms with E-state index in [0.29, 0.717) is 0 Å². The van der Waals surface area contributed by atoms with Crippen LogP contribution in [0.3, 0.4) is 0 Å². The van der Waals surface area contributed by atoms with E-state index in [4.69, 9.17) is 0 Å². The van der Waals surface area contributed by atoms with Crippen molar-refractivity contribution in [3.63, 3.8) is 0 Å². The predicted molar refractivity (Wildman–Crippen MR) is 69.1 cm³/mol. The summed E-state index contributed by atoms with van der Waals surface area (Å²) in [5.41, 5.74) is 1.23. The second-order valence-electron chi connectivity index (χ2n) is 4.15. The van der Waals surface area contributed by atoms with Crippen molar-refractivity contribution in [1.82, 2.24) is 19.6 Å². The fraction of sp³-hybridized carbons (Fsp3) is 0.455. The maximum absolute atomic E-state index is 4.42. The van der Waals surface area contributed by atoms with Gasteiger partial charge in [0.25, 0.3) is 0 Å². The Morgan fingerprint density at radius 1 is 1.47 bits per heavy atom. The summed E-state index contributed by atoms with van der Waals surface area (Å²) in [6, 6.07) is 0.290. The summed E-state index contributed by atoms with van der Waals surface area (Å²) in [4.78, 5) is 0. The van der Waals surface area contributed by atoms with Crippen LogP contribution in [-0.4, -0.2) is 26.1 Å². The van der Waals surface area contributed by atoms with E-state index in [1.54, 1.807) is 0 Å². The largest absolute Gasteiger partial charge is 0.369 e. The average Bonchev–Trinajstić information content (AvgIpc) is 2.96. The summed E-state index contributed by atoms with van der Waals surface area (Å²) < 4.78 is 5.00. The summed E-state index contributed by atoms with van der Waals surface area (Å²) in [6.45, 7) is 3.96.